The zero-order chi connectivity index (χ0) is 24.4. The molecule has 0 fully saturated rings. The van der Waals surface area contributed by atoms with E-state index in [1.165, 1.54) is 20.3 Å². The Bertz CT molecular complexity index is 1320. The Balaban J connectivity index is 1.81. The Labute approximate surface area is 197 Å². The van der Waals surface area contributed by atoms with Crippen LogP contribution in [0.5, 0.6) is 5.75 Å². The van der Waals surface area contributed by atoms with Crippen LogP contribution in [-0.4, -0.2) is 32.9 Å². The lowest BCUT2D eigenvalue weighted by Crippen LogP contribution is -2.33. The highest BCUT2D eigenvalue weighted by atomic mass is 16.5. The summed E-state index contributed by atoms with van der Waals surface area (Å²) in [5.74, 6) is -0.368. The summed E-state index contributed by atoms with van der Waals surface area (Å²) in [7, 11) is 2.61. The standard InChI is InChI=1S/C26H27NO7/c1-5-6-7-16-12-22(28)34-24-15(2)23-18(10-20(16)24)13-27(14-33-23)21-11-17(25(29)31-3)8-9-19(21)26(30)32-4/h8-12H,5-7,13-14H2,1-4H3. The Morgan fingerprint density at radius 3 is 2.56 bits per heavy atom. The summed E-state index contributed by atoms with van der Waals surface area (Å²) in [6, 6.07) is 8.22. The number of rotatable bonds is 6. The van der Waals surface area contributed by atoms with Crippen LogP contribution in [0.4, 0.5) is 5.69 Å². The van der Waals surface area contributed by atoms with Gasteiger partial charge < -0.3 is 23.5 Å². The number of esters is 2. The number of hydrogen-bond acceptors (Lipinski definition) is 8. The number of anilines is 1. The van der Waals surface area contributed by atoms with Crippen LogP contribution in [0.15, 0.2) is 39.5 Å². The van der Waals surface area contributed by atoms with E-state index in [0.29, 0.717) is 34.7 Å². The first-order chi connectivity index (χ1) is 16.4. The molecule has 0 saturated heterocycles. The fraction of sp³-hybridized carbons (Fsp3) is 0.346. The van der Waals surface area contributed by atoms with Crippen molar-refractivity contribution >= 4 is 28.6 Å². The molecule has 3 aromatic rings. The Kier molecular flexibility index (Phi) is 6.58. The third-order valence-corrected chi connectivity index (χ3v) is 6.07. The molecule has 1 aromatic heterocycles. The molecule has 34 heavy (non-hydrogen) atoms. The van der Waals surface area contributed by atoms with Crippen molar-refractivity contribution in [3.63, 3.8) is 0 Å². The van der Waals surface area contributed by atoms with Gasteiger partial charge in [-0.15, -0.1) is 0 Å². The maximum absolute atomic E-state index is 12.4. The van der Waals surface area contributed by atoms with E-state index in [4.69, 9.17) is 18.6 Å². The van der Waals surface area contributed by atoms with Gasteiger partial charge >= 0.3 is 17.6 Å². The molecule has 0 saturated carbocycles. The maximum Gasteiger partial charge on any atom is 0.339 e. The molecule has 0 atom stereocenters. The summed E-state index contributed by atoms with van der Waals surface area (Å²) >= 11 is 0. The van der Waals surface area contributed by atoms with Gasteiger partial charge in [0.2, 0.25) is 0 Å². The zero-order valence-electron chi connectivity index (χ0n) is 19.7. The molecule has 1 aliphatic rings. The van der Waals surface area contributed by atoms with Crippen LogP contribution in [-0.2, 0) is 22.4 Å². The summed E-state index contributed by atoms with van der Waals surface area (Å²) in [6.07, 6.45) is 2.74. The van der Waals surface area contributed by atoms with Crippen molar-refractivity contribution in [2.45, 2.75) is 39.7 Å². The first-order valence-electron chi connectivity index (χ1n) is 11.2. The van der Waals surface area contributed by atoms with Gasteiger partial charge in [-0.3, -0.25) is 0 Å². The van der Waals surface area contributed by atoms with Gasteiger partial charge in [0.15, 0.2) is 6.73 Å². The lowest BCUT2D eigenvalue weighted by Gasteiger charge is -2.33. The Morgan fingerprint density at radius 2 is 1.85 bits per heavy atom. The van der Waals surface area contributed by atoms with Crippen molar-refractivity contribution < 1.29 is 28.2 Å². The van der Waals surface area contributed by atoms with Gasteiger partial charge in [-0.2, -0.15) is 0 Å². The topological polar surface area (TPSA) is 95.3 Å². The fourth-order valence-electron chi connectivity index (χ4n) is 4.33. The number of methoxy groups -OCH3 is 2. The van der Waals surface area contributed by atoms with Crippen molar-refractivity contribution in [2.24, 2.45) is 0 Å². The Hall–Kier alpha value is -3.81. The summed E-state index contributed by atoms with van der Waals surface area (Å²) in [6.45, 7) is 4.54. The minimum absolute atomic E-state index is 0.133. The average Bonchev–Trinajstić information content (AvgIpc) is 2.86. The third-order valence-electron chi connectivity index (χ3n) is 6.07. The SMILES string of the molecule is CCCCc1cc(=O)oc2c(C)c3c(cc12)CN(c1cc(C(=O)OC)ccc1C(=O)OC)CO3. The molecule has 0 aliphatic carbocycles. The maximum atomic E-state index is 12.4. The van der Waals surface area contributed by atoms with E-state index < -0.39 is 11.9 Å². The normalized spacial score (nSPS) is 12.8. The van der Waals surface area contributed by atoms with Gasteiger partial charge in [0, 0.05) is 29.1 Å². The van der Waals surface area contributed by atoms with E-state index in [1.807, 2.05) is 17.9 Å². The second-order valence-corrected chi connectivity index (χ2v) is 8.25. The fourth-order valence-corrected chi connectivity index (χ4v) is 4.33. The van der Waals surface area contributed by atoms with E-state index in [0.717, 1.165) is 41.3 Å². The molecule has 0 radical (unpaired) electrons. The lowest BCUT2D eigenvalue weighted by molar-refractivity contribution is 0.0587. The number of carbonyl (C=O) groups is 2. The number of nitrogens with zero attached hydrogens (tertiary/aromatic N) is 1. The van der Waals surface area contributed by atoms with E-state index >= 15 is 0 Å². The van der Waals surface area contributed by atoms with Crippen LogP contribution in [0.1, 0.15) is 57.2 Å². The number of benzene rings is 2. The zero-order valence-corrected chi connectivity index (χ0v) is 19.7. The van der Waals surface area contributed by atoms with E-state index in [-0.39, 0.29) is 12.4 Å². The van der Waals surface area contributed by atoms with Gasteiger partial charge in [0.05, 0.1) is 31.0 Å². The monoisotopic (exact) mass is 465 g/mol. The molecule has 8 heteroatoms. The summed E-state index contributed by atoms with van der Waals surface area (Å²) in [5, 5.41) is 0.881. The smallest absolute Gasteiger partial charge is 0.339 e. The molecular formula is C26H27NO7. The van der Waals surface area contributed by atoms with Crippen LogP contribution in [0.3, 0.4) is 0 Å². The average molecular weight is 466 g/mol. The predicted molar refractivity (Wildman–Crippen MR) is 127 cm³/mol. The van der Waals surface area contributed by atoms with Crippen LogP contribution in [0, 0.1) is 6.92 Å². The largest absolute Gasteiger partial charge is 0.472 e. The number of carbonyl (C=O) groups excluding carboxylic acids is 2. The van der Waals surface area contributed by atoms with E-state index in [9.17, 15) is 14.4 Å². The predicted octanol–water partition coefficient (Wildman–Crippen LogP) is 4.37. The first kappa shape index (κ1) is 23.4. The van der Waals surface area contributed by atoms with Gasteiger partial charge in [-0.1, -0.05) is 13.3 Å². The molecule has 0 bridgehead atoms. The quantitative estimate of drug-likeness (QED) is 0.391. The first-order valence-corrected chi connectivity index (χ1v) is 11.2. The molecule has 2 aromatic carbocycles. The summed E-state index contributed by atoms with van der Waals surface area (Å²) in [5.41, 5.74) is 3.89. The number of fused-ring (bicyclic) bond motifs is 2. The second-order valence-electron chi connectivity index (χ2n) is 8.25. The van der Waals surface area contributed by atoms with E-state index in [1.54, 1.807) is 18.2 Å². The van der Waals surface area contributed by atoms with E-state index in [2.05, 4.69) is 6.92 Å². The molecule has 0 amide bonds. The minimum Gasteiger partial charge on any atom is -0.472 e. The lowest BCUT2D eigenvalue weighted by atomic mass is 9.97. The van der Waals surface area contributed by atoms with Crippen molar-refractivity contribution in [1.29, 1.82) is 0 Å². The molecule has 2 heterocycles. The highest BCUT2D eigenvalue weighted by Gasteiger charge is 2.27. The van der Waals surface area contributed by atoms with Crippen LogP contribution in [0.2, 0.25) is 0 Å². The third kappa shape index (κ3) is 4.23. The highest BCUT2D eigenvalue weighted by Crippen LogP contribution is 2.38. The van der Waals surface area contributed by atoms with Gasteiger partial charge in [0.1, 0.15) is 11.3 Å². The molecule has 0 unspecified atom stereocenters. The van der Waals surface area contributed by atoms with Crippen molar-refractivity contribution in [3.8, 4) is 5.75 Å². The van der Waals surface area contributed by atoms with Crippen molar-refractivity contribution in [2.75, 3.05) is 25.9 Å². The molecule has 8 nitrogen and oxygen atoms in total. The van der Waals surface area contributed by atoms with Crippen molar-refractivity contribution in [3.05, 3.63) is 68.6 Å². The second kappa shape index (κ2) is 9.59. The Morgan fingerprint density at radius 1 is 1.09 bits per heavy atom. The number of unbranched alkanes of at least 4 members (excludes halogenated alkanes) is 1. The van der Waals surface area contributed by atoms with Gasteiger partial charge in [-0.05, 0) is 49.6 Å². The number of aryl methyl sites for hydroxylation is 2. The van der Waals surface area contributed by atoms with Gasteiger partial charge in [0.25, 0.3) is 0 Å². The highest BCUT2D eigenvalue weighted by molar-refractivity contribution is 5.99. The molecule has 178 valence electrons. The summed E-state index contributed by atoms with van der Waals surface area (Å²) < 4.78 is 21.4. The molecular weight excluding hydrogens is 438 g/mol. The van der Waals surface area contributed by atoms with Crippen LogP contribution in [0.25, 0.3) is 11.0 Å². The molecule has 4 rings (SSSR count). The van der Waals surface area contributed by atoms with Crippen LogP contribution >= 0.6 is 0 Å². The van der Waals surface area contributed by atoms with Gasteiger partial charge in [-0.25, -0.2) is 14.4 Å². The minimum atomic E-state index is -0.518. The molecule has 0 N–H and O–H groups in total. The number of hydrogen-bond donors (Lipinski definition) is 0. The number of ether oxygens (including phenoxy) is 3. The van der Waals surface area contributed by atoms with Crippen molar-refractivity contribution in [1.82, 2.24) is 0 Å². The van der Waals surface area contributed by atoms with Crippen LogP contribution < -0.4 is 15.3 Å². The summed E-state index contributed by atoms with van der Waals surface area (Å²) in [4.78, 5) is 38.6. The molecule has 0 spiro atoms. The molecule has 1 aliphatic heterocycles.